The summed E-state index contributed by atoms with van der Waals surface area (Å²) in [4.78, 5) is 23.0. The average Bonchev–Trinajstić information content (AvgIpc) is 2.54. The van der Waals surface area contributed by atoms with Crippen LogP contribution < -0.4 is 10.6 Å². The summed E-state index contributed by atoms with van der Waals surface area (Å²) in [5, 5.41) is 6.39. The normalized spacial score (nSPS) is 33.4. The molecule has 0 aromatic heterocycles. The molecule has 1 amide bonds. The zero-order valence-corrected chi connectivity index (χ0v) is 13.3. The monoisotopic (exact) mass is 294 g/mol. The number of hydrogen-bond donors (Lipinski definition) is 2. The van der Waals surface area contributed by atoms with Gasteiger partial charge >= 0.3 is 0 Å². The van der Waals surface area contributed by atoms with Gasteiger partial charge in [0.25, 0.3) is 0 Å². The number of hydrogen-bond acceptors (Lipinski definition) is 3. The lowest BCUT2D eigenvalue weighted by Gasteiger charge is -2.29. The van der Waals surface area contributed by atoms with Crippen LogP contribution in [0.25, 0.3) is 0 Å². The van der Waals surface area contributed by atoms with Crippen LogP contribution in [0.2, 0.25) is 0 Å². The fraction of sp³-hybridized carbons (Fsp3) is 0.882. The van der Waals surface area contributed by atoms with Crippen LogP contribution in [-0.4, -0.2) is 32.3 Å². The molecule has 0 unspecified atom stereocenters. The highest BCUT2D eigenvalue weighted by atomic mass is 16.1. The molecular weight excluding hydrogens is 264 g/mol. The van der Waals surface area contributed by atoms with Gasteiger partial charge in [0.2, 0.25) is 5.91 Å². The van der Waals surface area contributed by atoms with E-state index >= 15 is 0 Å². The summed E-state index contributed by atoms with van der Waals surface area (Å²) in [7, 11) is 2.00. The molecule has 2 aliphatic carbocycles. The van der Waals surface area contributed by atoms with Gasteiger partial charge in [-0.3, -0.25) is 4.79 Å². The Balaban J connectivity index is 1.63. The SMILES string of the molecule is CNCC1CCC(C(=O)NCC2CCC(C=O)CC2)CC1. The van der Waals surface area contributed by atoms with Crippen molar-refractivity contribution in [1.29, 1.82) is 0 Å². The van der Waals surface area contributed by atoms with E-state index in [-0.39, 0.29) is 17.7 Å². The Morgan fingerprint density at radius 3 is 2.10 bits per heavy atom. The van der Waals surface area contributed by atoms with E-state index in [0.29, 0.717) is 5.92 Å². The van der Waals surface area contributed by atoms with E-state index < -0.39 is 0 Å². The molecule has 0 spiro atoms. The Bertz CT molecular complexity index is 330. The predicted molar refractivity (Wildman–Crippen MR) is 83.9 cm³/mol. The summed E-state index contributed by atoms with van der Waals surface area (Å²) < 4.78 is 0. The van der Waals surface area contributed by atoms with Crippen molar-refractivity contribution >= 4 is 12.2 Å². The van der Waals surface area contributed by atoms with E-state index in [9.17, 15) is 9.59 Å². The van der Waals surface area contributed by atoms with E-state index in [1.165, 1.54) is 12.8 Å². The van der Waals surface area contributed by atoms with Gasteiger partial charge in [-0.25, -0.2) is 0 Å². The van der Waals surface area contributed by atoms with Crippen molar-refractivity contribution in [3.8, 4) is 0 Å². The molecule has 0 heterocycles. The maximum Gasteiger partial charge on any atom is 0.223 e. The zero-order valence-electron chi connectivity index (χ0n) is 13.3. The van der Waals surface area contributed by atoms with Crippen LogP contribution in [0, 0.1) is 23.7 Å². The van der Waals surface area contributed by atoms with Crippen LogP contribution >= 0.6 is 0 Å². The smallest absolute Gasteiger partial charge is 0.223 e. The first-order chi connectivity index (χ1) is 10.2. The molecule has 2 rings (SSSR count). The maximum absolute atomic E-state index is 12.2. The summed E-state index contributed by atoms with van der Waals surface area (Å²) in [6.45, 7) is 1.88. The molecule has 0 saturated heterocycles. The van der Waals surface area contributed by atoms with Crippen molar-refractivity contribution < 1.29 is 9.59 Å². The molecule has 0 atom stereocenters. The minimum absolute atomic E-state index is 0.226. The quantitative estimate of drug-likeness (QED) is 0.738. The molecule has 4 nitrogen and oxygen atoms in total. The first-order valence-corrected chi connectivity index (χ1v) is 8.60. The number of rotatable bonds is 6. The number of aldehydes is 1. The molecule has 21 heavy (non-hydrogen) atoms. The highest BCUT2D eigenvalue weighted by Gasteiger charge is 2.27. The first kappa shape index (κ1) is 16.5. The molecule has 0 aliphatic heterocycles. The Labute approximate surface area is 128 Å². The van der Waals surface area contributed by atoms with E-state index in [2.05, 4.69) is 10.6 Å². The van der Waals surface area contributed by atoms with Crippen LogP contribution in [0.3, 0.4) is 0 Å². The number of nitrogens with one attached hydrogen (secondary N) is 2. The van der Waals surface area contributed by atoms with Crippen LogP contribution in [0.5, 0.6) is 0 Å². The highest BCUT2D eigenvalue weighted by Crippen LogP contribution is 2.29. The van der Waals surface area contributed by atoms with Gasteiger partial charge in [0.05, 0.1) is 0 Å². The first-order valence-electron chi connectivity index (χ1n) is 8.60. The summed E-state index contributed by atoms with van der Waals surface area (Å²) in [6, 6.07) is 0. The van der Waals surface area contributed by atoms with Gasteiger partial charge in [-0.15, -0.1) is 0 Å². The van der Waals surface area contributed by atoms with Crippen LogP contribution in [0.15, 0.2) is 0 Å². The highest BCUT2D eigenvalue weighted by molar-refractivity contribution is 5.78. The molecule has 4 heteroatoms. The summed E-state index contributed by atoms with van der Waals surface area (Å²) in [5.41, 5.74) is 0. The van der Waals surface area contributed by atoms with Crippen molar-refractivity contribution in [3.63, 3.8) is 0 Å². The molecule has 120 valence electrons. The number of carbonyl (C=O) groups is 2. The Morgan fingerprint density at radius 2 is 1.52 bits per heavy atom. The topological polar surface area (TPSA) is 58.2 Å². The van der Waals surface area contributed by atoms with Gasteiger partial charge in [-0.2, -0.15) is 0 Å². The fourth-order valence-corrected chi connectivity index (χ4v) is 3.84. The summed E-state index contributed by atoms with van der Waals surface area (Å²) in [5.74, 6) is 2.07. The van der Waals surface area contributed by atoms with E-state index in [0.717, 1.165) is 63.8 Å². The largest absolute Gasteiger partial charge is 0.356 e. The Kier molecular flexibility index (Phi) is 6.68. The van der Waals surface area contributed by atoms with Crippen molar-refractivity contribution in [2.45, 2.75) is 51.4 Å². The van der Waals surface area contributed by atoms with Gasteiger partial charge in [0.1, 0.15) is 6.29 Å². The maximum atomic E-state index is 12.2. The van der Waals surface area contributed by atoms with E-state index in [1.54, 1.807) is 0 Å². The zero-order chi connectivity index (χ0) is 15.1. The third kappa shape index (κ3) is 5.10. The second-order valence-corrected chi connectivity index (χ2v) is 6.94. The predicted octanol–water partition coefficient (Wildman–Crippen LogP) is 2.13. The lowest BCUT2D eigenvalue weighted by Crippen LogP contribution is -2.37. The molecule has 2 fully saturated rings. The van der Waals surface area contributed by atoms with E-state index in [1.807, 2.05) is 7.05 Å². The molecule has 2 aliphatic rings. The standard InChI is InChI=1S/C17H30N2O2/c1-18-10-13-6-8-16(9-7-13)17(21)19-11-14-2-4-15(12-20)5-3-14/h12-16,18H,2-11H2,1H3,(H,19,21). The Morgan fingerprint density at radius 1 is 0.952 bits per heavy atom. The van der Waals surface area contributed by atoms with Crippen LogP contribution in [0.1, 0.15) is 51.4 Å². The lowest BCUT2D eigenvalue weighted by atomic mass is 9.81. The van der Waals surface area contributed by atoms with E-state index in [4.69, 9.17) is 0 Å². The number of amides is 1. The summed E-state index contributed by atoms with van der Waals surface area (Å²) in [6.07, 6.45) is 9.67. The fourth-order valence-electron chi connectivity index (χ4n) is 3.84. The van der Waals surface area contributed by atoms with Gasteiger partial charge in [0.15, 0.2) is 0 Å². The van der Waals surface area contributed by atoms with Crippen molar-refractivity contribution in [1.82, 2.24) is 10.6 Å². The second kappa shape index (κ2) is 8.52. The minimum atomic E-state index is 0.226. The van der Waals surface area contributed by atoms with Crippen LogP contribution in [0.4, 0.5) is 0 Å². The number of carbonyl (C=O) groups excluding carboxylic acids is 2. The van der Waals surface area contributed by atoms with Crippen LogP contribution in [-0.2, 0) is 9.59 Å². The minimum Gasteiger partial charge on any atom is -0.356 e. The molecule has 0 aromatic carbocycles. The molecular formula is C17H30N2O2. The lowest BCUT2D eigenvalue weighted by molar-refractivity contribution is -0.126. The second-order valence-electron chi connectivity index (χ2n) is 6.94. The average molecular weight is 294 g/mol. The molecule has 0 radical (unpaired) electrons. The van der Waals surface area contributed by atoms with Gasteiger partial charge in [-0.1, -0.05) is 0 Å². The van der Waals surface area contributed by atoms with Gasteiger partial charge in [-0.05, 0) is 76.8 Å². The van der Waals surface area contributed by atoms with Crippen molar-refractivity contribution in [2.24, 2.45) is 23.7 Å². The van der Waals surface area contributed by atoms with Crippen molar-refractivity contribution in [3.05, 3.63) is 0 Å². The molecule has 2 N–H and O–H groups in total. The van der Waals surface area contributed by atoms with Gasteiger partial charge in [0, 0.05) is 18.4 Å². The summed E-state index contributed by atoms with van der Waals surface area (Å²) >= 11 is 0. The Hall–Kier alpha value is -0.900. The van der Waals surface area contributed by atoms with Gasteiger partial charge < -0.3 is 15.4 Å². The van der Waals surface area contributed by atoms with Crippen molar-refractivity contribution in [2.75, 3.05) is 20.1 Å². The third-order valence-corrected chi connectivity index (χ3v) is 5.36. The third-order valence-electron chi connectivity index (χ3n) is 5.36. The molecule has 0 aromatic rings. The molecule has 0 bridgehead atoms. The molecule has 2 saturated carbocycles.